The van der Waals surface area contributed by atoms with E-state index in [4.69, 9.17) is 0 Å². The second kappa shape index (κ2) is 7.17. The summed E-state index contributed by atoms with van der Waals surface area (Å²) in [5.41, 5.74) is 0.977. The number of thioether (sulfide) groups is 1. The van der Waals surface area contributed by atoms with Gasteiger partial charge < -0.3 is 9.88 Å². The predicted octanol–water partition coefficient (Wildman–Crippen LogP) is 1.70. The zero-order chi connectivity index (χ0) is 15.5. The first kappa shape index (κ1) is 16.9. The standard InChI is InChI=1S/C14H25N3O2S2/c1-4-15-9-11-8-12(10-17(11)2)21(18,19)16-13-6-5-7-14(13)20-3/h8,10,13-16H,4-7,9H2,1-3H3. The van der Waals surface area contributed by atoms with Crippen LogP contribution >= 0.6 is 11.8 Å². The molecule has 0 aromatic carbocycles. The summed E-state index contributed by atoms with van der Waals surface area (Å²) in [6.07, 6.45) is 6.86. The van der Waals surface area contributed by atoms with Crippen molar-refractivity contribution in [1.29, 1.82) is 0 Å². The molecule has 120 valence electrons. The lowest BCUT2D eigenvalue weighted by Crippen LogP contribution is -2.38. The third kappa shape index (κ3) is 4.03. The molecule has 1 heterocycles. The zero-order valence-corrected chi connectivity index (χ0v) is 14.6. The van der Waals surface area contributed by atoms with Gasteiger partial charge in [0.05, 0.1) is 4.90 Å². The van der Waals surface area contributed by atoms with E-state index in [2.05, 4.69) is 10.0 Å². The Bertz CT molecular complexity index is 569. The molecule has 2 unspecified atom stereocenters. The Balaban J connectivity index is 2.12. The van der Waals surface area contributed by atoms with Gasteiger partial charge in [-0.1, -0.05) is 13.3 Å². The normalized spacial score (nSPS) is 22.8. The van der Waals surface area contributed by atoms with Crippen LogP contribution in [0.25, 0.3) is 0 Å². The van der Waals surface area contributed by atoms with E-state index in [-0.39, 0.29) is 6.04 Å². The number of hydrogen-bond acceptors (Lipinski definition) is 4. The zero-order valence-electron chi connectivity index (χ0n) is 12.9. The number of nitrogens with one attached hydrogen (secondary N) is 2. The van der Waals surface area contributed by atoms with E-state index in [9.17, 15) is 8.42 Å². The van der Waals surface area contributed by atoms with E-state index in [1.807, 2.05) is 24.8 Å². The third-order valence-electron chi connectivity index (χ3n) is 4.01. The van der Waals surface area contributed by atoms with Crippen LogP contribution in [0.1, 0.15) is 31.9 Å². The molecule has 1 aliphatic carbocycles. The van der Waals surface area contributed by atoms with Crippen LogP contribution in [0.15, 0.2) is 17.2 Å². The molecule has 21 heavy (non-hydrogen) atoms. The molecular formula is C14H25N3O2S2. The summed E-state index contributed by atoms with van der Waals surface area (Å²) in [5, 5.41) is 3.61. The van der Waals surface area contributed by atoms with E-state index in [1.54, 1.807) is 24.0 Å². The Labute approximate surface area is 131 Å². The average molecular weight is 332 g/mol. The van der Waals surface area contributed by atoms with E-state index in [1.165, 1.54) is 0 Å². The molecule has 1 aliphatic rings. The van der Waals surface area contributed by atoms with Crippen LogP contribution < -0.4 is 10.0 Å². The van der Waals surface area contributed by atoms with Gasteiger partial charge in [-0.25, -0.2) is 13.1 Å². The summed E-state index contributed by atoms with van der Waals surface area (Å²) in [6.45, 7) is 3.58. The summed E-state index contributed by atoms with van der Waals surface area (Å²) in [4.78, 5) is 0.365. The highest BCUT2D eigenvalue weighted by Crippen LogP contribution is 2.29. The van der Waals surface area contributed by atoms with Gasteiger partial charge in [0, 0.05) is 36.8 Å². The Morgan fingerprint density at radius 3 is 2.86 bits per heavy atom. The minimum absolute atomic E-state index is 0.0578. The van der Waals surface area contributed by atoms with Crippen molar-refractivity contribution in [3.05, 3.63) is 18.0 Å². The number of aryl methyl sites for hydroxylation is 1. The van der Waals surface area contributed by atoms with E-state index >= 15 is 0 Å². The minimum atomic E-state index is -3.43. The predicted molar refractivity (Wildman–Crippen MR) is 88.1 cm³/mol. The Morgan fingerprint density at radius 1 is 1.43 bits per heavy atom. The van der Waals surface area contributed by atoms with Crippen LogP contribution in [-0.4, -0.2) is 37.1 Å². The molecule has 1 saturated carbocycles. The molecule has 2 rings (SSSR count). The smallest absolute Gasteiger partial charge is 0.242 e. The monoisotopic (exact) mass is 331 g/mol. The Kier molecular flexibility index (Phi) is 5.76. The summed E-state index contributed by atoms with van der Waals surface area (Å²) >= 11 is 1.75. The van der Waals surface area contributed by atoms with Gasteiger partial charge in [0.2, 0.25) is 10.0 Å². The first-order chi connectivity index (χ1) is 9.97. The van der Waals surface area contributed by atoms with Crippen LogP contribution in [0.5, 0.6) is 0 Å². The largest absolute Gasteiger partial charge is 0.352 e. The van der Waals surface area contributed by atoms with E-state index < -0.39 is 10.0 Å². The van der Waals surface area contributed by atoms with Gasteiger partial charge in [-0.05, 0) is 31.7 Å². The van der Waals surface area contributed by atoms with Gasteiger partial charge >= 0.3 is 0 Å². The molecule has 7 heteroatoms. The Hall–Kier alpha value is -0.500. The van der Waals surface area contributed by atoms with Gasteiger partial charge in [0.1, 0.15) is 0 Å². The van der Waals surface area contributed by atoms with Crippen molar-refractivity contribution in [2.45, 2.75) is 48.9 Å². The van der Waals surface area contributed by atoms with Crippen LogP contribution in [0, 0.1) is 0 Å². The molecule has 0 saturated heterocycles. The molecule has 0 aliphatic heterocycles. The van der Waals surface area contributed by atoms with E-state index in [0.29, 0.717) is 16.7 Å². The van der Waals surface area contributed by atoms with Crippen molar-refractivity contribution in [3.8, 4) is 0 Å². The summed E-state index contributed by atoms with van der Waals surface area (Å²) in [5.74, 6) is 0. The van der Waals surface area contributed by atoms with Gasteiger partial charge in [0.15, 0.2) is 0 Å². The first-order valence-corrected chi connectivity index (χ1v) is 10.2. The summed E-state index contributed by atoms with van der Waals surface area (Å²) in [6, 6.07) is 1.82. The fourth-order valence-corrected chi connectivity index (χ4v) is 5.19. The molecular weight excluding hydrogens is 306 g/mol. The lowest BCUT2D eigenvalue weighted by Gasteiger charge is -2.18. The SMILES string of the molecule is CCNCc1cc(S(=O)(=O)NC2CCCC2SC)cn1C. The molecule has 2 atom stereocenters. The molecule has 1 aromatic rings. The average Bonchev–Trinajstić information content (AvgIpc) is 3.03. The second-order valence-electron chi connectivity index (χ2n) is 5.49. The molecule has 1 fully saturated rings. The minimum Gasteiger partial charge on any atom is -0.352 e. The number of nitrogens with zero attached hydrogens (tertiary/aromatic N) is 1. The van der Waals surface area contributed by atoms with Crippen molar-refractivity contribution >= 4 is 21.8 Å². The lowest BCUT2D eigenvalue weighted by molar-refractivity contribution is 0.555. The van der Waals surface area contributed by atoms with Gasteiger partial charge in [-0.3, -0.25) is 0 Å². The van der Waals surface area contributed by atoms with Gasteiger partial charge in [0.25, 0.3) is 0 Å². The maximum Gasteiger partial charge on any atom is 0.242 e. The van der Waals surface area contributed by atoms with Crippen molar-refractivity contribution in [3.63, 3.8) is 0 Å². The highest BCUT2D eigenvalue weighted by molar-refractivity contribution is 7.99. The molecule has 5 nitrogen and oxygen atoms in total. The molecule has 0 bridgehead atoms. The van der Waals surface area contributed by atoms with Crippen LogP contribution in [0.2, 0.25) is 0 Å². The van der Waals surface area contributed by atoms with Crippen molar-refractivity contribution in [2.75, 3.05) is 12.8 Å². The summed E-state index contributed by atoms with van der Waals surface area (Å²) < 4.78 is 29.8. The third-order valence-corrected chi connectivity index (χ3v) is 6.64. The summed E-state index contributed by atoms with van der Waals surface area (Å²) in [7, 11) is -1.54. The van der Waals surface area contributed by atoms with Gasteiger partial charge in [-0.2, -0.15) is 11.8 Å². The molecule has 0 amide bonds. The second-order valence-corrected chi connectivity index (χ2v) is 8.28. The van der Waals surface area contributed by atoms with Gasteiger partial charge in [-0.15, -0.1) is 0 Å². The van der Waals surface area contributed by atoms with Crippen LogP contribution in [0.3, 0.4) is 0 Å². The highest BCUT2D eigenvalue weighted by atomic mass is 32.2. The number of aromatic nitrogens is 1. The van der Waals surface area contributed by atoms with Crippen molar-refractivity contribution < 1.29 is 8.42 Å². The Morgan fingerprint density at radius 2 is 2.19 bits per heavy atom. The molecule has 1 aromatic heterocycles. The fourth-order valence-electron chi connectivity index (χ4n) is 2.76. The maximum atomic E-state index is 12.5. The first-order valence-electron chi connectivity index (χ1n) is 7.39. The number of hydrogen-bond donors (Lipinski definition) is 2. The lowest BCUT2D eigenvalue weighted by atomic mass is 10.3. The van der Waals surface area contributed by atoms with E-state index in [0.717, 1.165) is 31.5 Å². The number of sulfonamides is 1. The molecule has 0 spiro atoms. The van der Waals surface area contributed by atoms with Crippen molar-refractivity contribution in [2.24, 2.45) is 7.05 Å². The maximum absolute atomic E-state index is 12.5. The molecule has 0 radical (unpaired) electrons. The fraction of sp³-hybridized carbons (Fsp3) is 0.714. The topological polar surface area (TPSA) is 63.1 Å². The number of rotatable bonds is 7. The van der Waals surface area contributed by atoms with Crippen molar-refractivity contribution in [1.82, 2.24) is 14.6 Å². The quantitative estimate of drug-likeness (QED) is 0.798. The van der Waals surface area contributed by atoms with Crippen LogP contribution in [-0.2, 0) is 23.6 Å². The highest BCUT2D eigenvalue weighted by Gasteiger charge is 2.31. The van der Waals surface area contributed by atoms with Crippen LogP contribution in [0.4, 0.5) is 0 Å². The molecule has 2 N–H and O–H groups in total.